The Hall–Kier alpha value is -3.99. The first-order chi connectivity index (χ1) is 17.8. The van der Waals surface area contributed by atoms with E-state index in [4.69, 9.17) is 18.9 Å². The number of carbonyl (C=O) groups excluding carboxylic acids is 1. The van der Waals surface area contributed by atoms with Crippen LogP contribution in [0.1, 0.15) is 5.56 Å². The number of halogens is 1. The summed E-state index contributed by atoms with van der Waals surface area (Å²) < 4.78 is 63.2. The van der Waals surface area contributed by atoms with Crippen LogP contribution in [0.4, 0.5) is 10.1 Å². The lowest BCUT2D eigenvalue weighted by molar-refractivity contribution is -0.119. The number of anilines is 1. The number of ether oxygens (including phenoxy) is 4. The number of carbonyl (C=O) groups is 1. The van der Waals surface area contributed by atoms with Crippen LogP contribution in [0.5, 0.6) is 23.0 Å². The highest BCUT2D eigenvalue weighted by Crippen LogP contribution is 2.34. The number of sulfonamides is 1. The van der Waals surface area contributed by atoms with Crippen molar-refractivity contribution in [3.8, 4) is 23.0 Å². The van der Waals surface area contributed by atoms with Crippen molar-refractivity contribution >= 4 is 21.6 Å². The van der Waals surface area contributed by atoms with Crippen LogP contribution >= 0.6 is 0 Å². The molecule has 37 heavy (non-hydrogen) atoms. The molecule has 0 aliphatic carbocycles. The van der Waals surface area contributed by atoms with Gasteiger partial charge in [0.15, 0.2) is 23.0 Å². The third-order valence-electron chi connectivity index (χ3n) is 5.69. The molecule has 0 bridgehead atoms. The zero-order valence-corrected chi connectivity index (χ0v) is 21.2. The summed E-state index contributed by atoms with van der Waals surface area (Å²) in [5.41, 5.74) is 1.04. The molecule has 0 aromatic heterocycles. The van der Waals surface area contributed by atoms with Gasteiger partial charge in [0.05, 0.1) is 24.8 Å². The second-order valence-corrected chi connectivity index (χ2v) is 9.95. The maximum atomic E-state index is 13.6. The second kappa shape index (κ2) is 11.4. The number of hydrogen-bond donors (Lipinski definition) is 1. The molecule has 9 nitrogen and oxygen atoms in total. The first kappa shape index (κ1) is 26.1. The zero-order chi connectivity index (χ0) is 26.4. The van der Waals surface area contributed by atoms with Gasteiger partial charge in [0.1, 0.15) is 25.6 Å². The minimum Gasteiger partial charge on any atom is -0.493 e. The van der Waals surface area contributed by atoms with Crippen molar-refractivity contribution in [1.29, 1.82) is 0 Å². The van der Waals surface area contributed by atoms with Gasteiger partial charge < -0.3 is 24.3 Å². The number of methoxy groups -OCH3 is 2. The van der Waals surface area contributed by atoms with E-state index in [0.29, 0.717) is 42.6 Å². The van der Waals surface area contributed by atoms with Crippen LogP contribution in [0.2, 0.25) is 0 Å². The Balaban J connectivity index is 1.51. The predicted molar refractivity (Wildman–Crippen MR) is 135 cm³/mol. The molecule has 1 aliphatic heterocycles. The number of nitrogens with zero attached hydrogens (tertiary/aromatic N) is 1. The highest BCUT2D eigenvalue weighted by molar-refractivity contribution is 7.92. The van der Waals surface area contributed by atoms with E-state index in [2.05, 4.69) is 5.32 Å². The number of hydrogen-bond acceptors (Lipinski definition) is 7. The summed E-state index contributed by atoms with van der Waals surface area (Å²) in [7, 11) is -1.12. The van der Waals surface area contributed by atoms with Gasteiger partial charge >= 0.3 is 0 Å². The average molecular weight is 531 g/mol. The first-order valence-electron chi connectivity index (χ1n) is 11.5. The summed E-state index contributed by atoms with van der Waals surface area (Å²) in [4.78, 5) is 12.8. The highest BCUT2D eigenvalue weighted by Gasteiger charge is 2.29. The minimum atomic E-state index is -4.21. The van der Waals surface area contributed by atoms with Crippen LogP contribution in [0, 0.1) is 5.82 Å². The maximum Gasteiger partial charge on any atom is 0.264 e. The Morgan fingerprint density at radius 1 is 0.946 bits per heavy atom. The lowest BCUT2D eigenvalue weighted by Gasteiger charge is -2.25. The molecule has 4 rings (SSSR count). The number of rotatable bonds is 10. The van der Waals surface area contributed by atoms with E-state index in [-0.39, 0.29) is 17.1 Å². The number of benzene rings is 3. The van der Waals surface area contributed by atoms with Crippen molar-refractivity contribution in [3.63, 3.8) is 0 Å². The number of amides is 1. The summed E-state index contributed by atoms with van der Waals surface area (Å²) in [6, 6.07) is 14.6. The van der Waals surface area contributed by atoms with Gasteiger partial charge in [0, 0.05) is 12.6 Å². The van der Waals surface area contributed by atoms with Crippen LogP contribution in [-0.4, -0.2) is 54.8 Å². The van der Waals surface area contributed by atoms with E-state index in [1.165, 1.54) is 37.4 Å². The molecule has 0 radical (unpaired) electrons. The van der Waals surface area contributed by atoms with Gasteiger partial charge in [-0.2, -0.15) is 0 Å². The molecule has 0 saturated heterocycles. The third-order valence-corrected chi connectivity index (χ3v) is 7.46. The molecule has 1 heterocycles. The van der Waals surface area contributed by atoms with Crippen molar-refractivity contribution in [2.24, 2.45) is 0 Å². The topological polar surface area (TPSA) is 103 Å². The van der Waals surface area contributed by atoms with Gasteiger partial charge in [0.25, 0.3) is 10.0 Å². The summed E-state index contributed by atoms with van der Waals surface area (Å²) >= 11 is 0. The molecule has 0 spiro atoms. The van der Waals surface area contributed by atoms with Gasteiger partial charge in [-0.15, -0.1) is 0 Å². The molecule has 196 valence electrons. The maximum absolute atomic E-state index is 13.6. The smallest absolute Gasteiger partial charge is 0.264 e. The molecule has 3 aromatic carbocycles. The van der Waals surface area contributed by atoms with E-state index in [1.54, 1.807) is 13.2 Å². The van der Waals surface area contributed by atoms with Crippen molar-refractivity contribution in [3.05, 3.63) is 72.0 Å². The van der Waals surface area contributed by atoms with Gasteiger partial charge in [-0.25, -0.2) is 12.8 Å². The van der Waals surface area contributed by atoms with Crippen LogP contribution in [0.15, 0.2) is 65.6 Å². The van der Waals surface area contributed by atoms with E-state index in [1.807, 2.05) is 12.1 Å². The molecular formula is C26H27FN2O7S. The van der Waals surface area contributed by atoms with Crippen molar-refractivity contribution in [2.75, 3.05) is 44.8 Å². The molecule has 1 aliphatic rings. The van der Waals surface area contributed by atoms with Crippen molar-refractivity contribution in [2.45, 2.75) is 11.3 Å². The van der Waals surface area contributed by atoms with Crippen LogP contribution < -0.4 is 28.6 Å². The second-order valence-electron chi connectivity index (χ2n) is 8.08. The monoisotopic (exact) mass is 530 g/mol. The van der Waals surface area contributed by atoms with Crippen LogP contribution in [0.3, 0.4) is 0 Å². The minimum absolute atomic E-state index is 0.0841. The quantitative estimate of drug-likeness (QED) is 0.430. The van der Waals surface area contributed by atoms with Gasteiger partial charge in [-0.3, -0.25) is 9.10 Å². The van der Waals surface area contributed by atoms with E-state index in [0.717, 1.165) is 22.0 Å². The lowest BCUT2D eigenvalue weighted by atomic mass is 10.1. The Morgan fingerprint density at radius 3 is 2.35 bits per heavy atom. The highest BCUT2D eigenvalue weighted by atomic mass is 32.2. The first-order valence-corrected chi connectivity index (χ1v) is 12.9. The summed E-state index contributed by atoms with van der Waals surface area (Å²) in [6.07, 6.45) is 0.484. The normalized spacial score (nSPS) is 12.5. The molecular weight excluding hydrogens is 503 g/mol. The molecule has 1 amide bonds. The third kappa shape index (κ3) is 6.05. The van der Waals surface area contributed by atoms with Gasteiger partial charge in [-0.05, 0) is 60.5 Å². The lowest BCUT2D eigenvalue weighted by Crippen LogP contribution is -2.41. The number of fused-ring (bicyclic) bond motifs is 1. The fourth-order valence-corrected chi connectivity index (χ4v) is 5.24. The van der Waals surface area contributed by atoms with E-state index >= 15 is 0 Å². The molecule has 11 heteroatoms. The Bertz CT molecular complexity index is 1360. The Kier molecular flexibility index (Phi) is 8.02. The van der Waals surface area contributed by atoms with Crippen molar-refractivity contribution in [1.82, 2.24) is 5.32 Å². The SMILES string of the molecule is COc1ccc(CCNC(=O)CN(c2ccc(F)cc2)S(=O)(=O)c2ccc3c(c2)OCCO3)cc1OC. The summed E-state index contributed by atoms with van der Waals surface area (Å²) in [5, 5.41) is 2.75. The summed E-state index contributed by atoms with van der Waals surface area (Å²) in [5.74, 6) is 0.844. The summed E-state index contributed by atoms with van der Waals surface area (Å²) in [6.45, 7) is 0.412. The molecule has 0 unspecified atom stereocenters. The van der Waals surface area contributed by atoms with E-state index < -0.39 is 28.3 Å². The Morgan fingerprint density at radius 2 is 1.65 bits per heavy atom. The zero-order valence-electron chi connectivity index (χ0n) is 20.4. The van der Waals surface area contributed by atoms with Crippen LogP contribution in [0.25, 0.3) is 0 Å². The fraction of sp³-hybridized carbons (Fsp3) is 0.269. The molecule has 0 saturated carbocycles. The average Bonchev–Trinajstić information content (AvgIpc) is 2.91. The van der Waals surface area contributed by atoms with E-state index in [9.17, 15) is 17.6 Å². The largest absolute Gasteiger partial charge is 0.493 e. The standard InChI is InChI=1S/C26H27FN2O7S/c1-33-22-9-3-18(15-24(22)34-2)11-12-28-26(30)17-29(20-6-4-19(27)5-7-20)37(31,32)21-8-10-23-25(16-21)36-14-13-35-23/h3-10,15-16H,11-14,17H2,1-2H3,(H,28,30). The predicted octanol–water partition coefficient (Wildman–Crippen LogP) is 3.17. The Labute approximate surface area is 214 Å². The molecule has 3 aromatic rings. The molecule has 1 N–H and O–H groups in total. The molecule has 0 atom stereocenters. The number of nitrogens with one attached hydrogen (secondary N) is 1. The van der Waals surface area contributed by atoms with Crippen molar-refractivity contribution < 1.29 is 36.6 Å². The van der Waals surface area contributed by atoms with Gasteiger partial charge in [-0.1, -0.05) is 6.07 Å². The molecule has 0 fully saturated rings. The van der Waals surface area contributed by atoms with Crippen LogP contribution in [-0.2, 0) is 21.2 Å². The fourth-order valence-electron chi connectivity index (χ4n) is 3.80. The van der Waals surface area contributed by atoms with Gasteiger partial charge in [0.2, 0.25) is 5.91 Å².